The van der Waals surface area contributed by atoms with E-state index in [9.17, 15) is 4.79 Å². The van der Waals surface area contributed by atoms with Crippen LogP contribution < -0.4 is 5.73 Å². The molecule has 0 fully saturated rings. The van der Waals surface area contributed by atoms with Crippen molar-refractivity contribution >= 4 is 17.2 Å². The molecular weight excluding hydrogens is 272 g/mol. The van der Waals surface area contributed by atoms with Crippen LogP contribution >= 0.6 is 0 Å². The van der Waals surface area contributed by atoms with Crippen LogP contribution in [0.2, 0.25) is 0 Å². The lowest BCUT2D eigenvalue weighted by Crippen LogP contribution is -2.17. The molecule has 0 atom stereocenters. The summed E-state index contributed by atoms with van der Waals surface area (Å²) in [5.41, 5.74) is 9.81. The van der Waals surface area contributed by atoms with Crippen molar-refractivity contribution in [2.75, 3.05) is 5.73 Å². The van der Waals surface area contributed by atoms with Crippen molar-refractivity contribution in [2.24, 2.45) is 5.92 Å². The molecule has 2 aromatic rings. The van der Waals surface area contributed by atoms with Crippen molar-refractivity contribution in [3.05, 3.63) is 64.7 Å². The number of para-hydroxylation sites is 1. The Morgan fingerprint density at radius 3 is 2.32 bits per heavy atom. The minimum atomic E-state index is -0.104. The molecule has 0 aliphatic carbocycles. The van der Waals surface area contributed by atoms with Crippen LogP contribution in [0.15, 0.2) is 42.5 Å². The summed E-state index contributed by atoms with van der Waals surface area (Å²) in [5, 5.41) is 8.53. The van der Waals surface area contributed by atoms with Gasteiger partial charge in [-0.15, -0.1) is 0 Å². The molecule has 3 nitrogen and oxygen atoms in total. The standard InChI is InChI=1S/C19H22N2O/c1-4-13-8-7-10-15(17(13)19(22)12(2)3)18(21)14-9-5-6-11-16(14)20/h5-12,21H,4,20H2,1-3H3. The number of hydrogen-bond acceptors (Lipinski definition) is 3. The highest BCUT2D eigenvalue weighted by atomic mass is 16.1. The van der Waals surface area contributed by atoms with E-state index in [-0.39, 0.29) is 11.7 Å². The third-order valence-electron chi connectivity index (χ3n) is 3.80. The van der Waals surface area contributed by atoms with Crippen LogP contribution in [0.3, 0.4) is 0 Å². The monoisotopic (exact) mass is 294 g/mol. The van der Waals surface area contributed by atoms with Gasteiger partial charge in [-0.1, -0.05) is 57.2 Å². The zero-order valence-electron chi connectivity index (χ0n) is 13.3. The fourth-order valence-electron chi connectivity index (χ4n) is 2.55. The largest absolute Gasteiger partial charge is 0.398 e. The molecule has 0 unspecified atom stereocenters. The van der Waals surface area contributed by atoms with Gasteiger partial charge in [0.1, 0.15) is 0 Å². The van der Waals surface area contributed by atoms with E-state index in [4.69, 9.17) is 11.1 Å². The number of anilines is 1. The summed E-state index contributed by atoms with van der Waals surface area (Å²) in [6.45, 7) is 5.80. The van der Waals surface area contributed by atoms with E-state index < -0.39 is 0 Å². The second-order valence-electron chi connectivity index (χ2n) is 5.67. The molecule has 0 spiro atoms. The lowest BCUT2D eigenvalue weighted by Gasteiger charge is -2.16. The summed E-state index contributed by atoms with van der Waals surface area (Å²) in [6.07, 6.45) is 0.763. The van der Waals surface area contributed by atoms with Crippen molar-refractivity contribution in [3.63, 3.8) is 0 Å². The normalized spacial score (nSPS) is 10.7. The Hall–Kier alpha value is -2.42. The van der Waals surface area contributed by atoms with Crippen molar-refractivity contribution in [2.45, 2.75) is 27.2 Å². The number of carbonyl (C=O) groups is 1. The zero-order valence-corrected chi connectivity index (χ0v) is 13.3. The van der Waals surface area contributed by atoms with Gasteiger partial charge in [-0.25, -0.2) is 0 Å². The summed E-state index contributed by atoms with van der Waals surface area (Å²) >= 11 is 0. The average molecular weight is 294 g/mol. The number of nitrogens with one attached hydrogen (secondary N) is 1. The Morgan fingerprint density at radius 2 is 1.73 bits per heavy atom. The topological polar surface area (TPSA) is 66.9 Å². The first kappa shape index (κ1) is 16.0. The van der Waals surface area contributed by atoms with E-state index in [1.54, 1.807) is 6.07 Å². The SMILES string of the molecule is CCc1cccc(C(=N)c2ccccc2N)c1C(=O)C(C)C. The number of nitrogen functional groups attached to an aromatic ring is 1. The smallest absolute Gasteiger partial charge is 0.166 e. The van der Waals surface area contributed by atoms with Crippen molar-refractivity contribution < 1.29 is 4.79 Å². The molecule has 22 heavy (non-hydrogen) atoms. The van der Waals surface area contributed by atoms with E-state index >= 15 is 0 Å². The predicted molar refractivity (Wildman–Crippen MR) is 91.8 cm³/mol. The Balaban J connectivity index is 2.63. The maximum Gasteiger partial charge on any atom is 0.166 e. The first-order valence-electron chi connectivity index (χ1n) is 7.57. The number of benzene rings is 2. The van der Waals surface area contributed by atoms with Crippen LogP contribution in [0.4, 0.5) is 5.69 Å². The fraction of sp³-hybridized carbons (Fsp3) is 0.263. The lowest BCUT2D eigenvalue weighted by molar-refractivity contribution is 0.0938. The van der Waals surface area contributed by atoms with E-state index in [0.29, 0.717) is 28.1 Å². The van der Waals surface area contributed by atoms with Gasteiger partial charge >= 0.3 is 0 Å². The van der Waals surface area contributed by atoms with Gasteiger partial charge in [0.15, 0.2) is 5.78 Å². The zero-order chi connectivity index (χ0) is 16.3. The molecule has 0 aromatic heterocycles. The molecule has 0 bridgehead atoms. The van der Waals surface area contributed by atoms with E-state index in [1.165, 1.54) is 0 Å². The Morgan fingerprint density at radius 1 is 1.09 bits per heavy atom. The maximum absolute atomic E-state index is 12.6. The van der Waals surface area contributed by atoms with Crippen LogP contribution in [0.5, 0.6) is 0 Å². The number of Topliss-reactive ketones (excluding diaryl/α,β-unsaturated/α-hetero) is 1. The molecule has 2 rings (SSSR count). The van der Waals surface area contributed by atoms with E-state index in [0.717, 1.165) is 12.0 Å². The summed E-state index contributed by atoms with van der Waals surface area (Å²) in [7, 11) is 0. The van der Waals surface area contributed by atoms with E-state index in [1.807, 2.05) is 57.2 Å². The molecule has 3 N–H and O–H groups in total. The average Bonchev–Trinajstić information content (AvgIpc) is 2.53. The second-order valence-corrected chi connectivity index (χ2v) is 5.67. The highest BCUT2D eigenvalue weighted by Crippen LogP contribution is 2.24. The molecule has 3 heteroatoms. The first-order chi connectivity index (χ1) is 10.5. The van der Waals surface area contributed by atoms with Gasteiger partial charge in [0.2, 0.25) is 0 Å². The van der Waals surface area contributed by atoms with E-state index in [2.05, 4.69) is 0 Å². The van der Waals surface area contributed by atoms with Crippen molar-refractivity contribution in [3.8, 4) is 0 Å². The minimum Gasteiger partial charge on any atom is -0.398 e. The minimum absolute atomic E-state index is 0.0757. The van der Waals surface area contributed by atoms with Crippen LogP contribution in [0, 0.1) is 11.3 Å². The summed E-state index contributed by atoms with van der Waals surface area (Å²) in [4.78, 5) is 12.6. The second kappa shape index (κ2) is 6.56. The lowest BCUT2D eigenvalue weighted by atomic mass is 9.87. The summed E-state index contributed by atoms with van der Waals surface area (Å²) < 4.78 is 0. The van der Waals surface area contributed by atoms with Gasteiger partial charge in [0.05, 0.1) is 5.71 Å². The molecular formula is C19H22N2O. The molecule has 0 saturated carbocycles. The van der Waals surface area contributed by atoms with Gasteiger partial charge < -0.3 is 5.73 Å². The van der Waals surface area contributed by atoms with Crippen molar-refractivity contribution in [1.82, 2.24) is 0 Å². The Kier molecular flexibility index (Phi) is 4.76. The van der Waals surface area contributed by atoms with Gasteiger partial charge in [-0.3, -0.25) is 10.2 Å². The van der Waals surface area contributed by atoms with Gasteiger partial charge in [-0.05, 0) is 18.1 Å². The van der Waals surface area contributed by atoms with Gasteiger partial charge in [-0.2, -0.15) is 0 Å². The van der Waals surface area contributed by atoms with Gasteiger partial charge in [0.25, 0.3) is 0 Å². The number of nitrogens with two attached hydrogens (primary N) is 1. The quantitative estimate of drug-likeness (QED) is 0.495. The first-order valence-corrected chi connectivity index (χ1v) is 7.57. The van der Waals surface area contributed by atoms with Crippen LogP contribution in [-0.2, 0) is 6.42 Å². The molecule has 0 aliphatic heterocycles. The van der Waals surface area contributed by atoms with Crippen molar-refractivity contribution in [1.29, 1.82) is 5.41 Å². The third-order valence-corrected chi connectivity index (χ3v) is 3.80. The van der Waals surface area contributed by atoms with Crippen LogP contribution in [-0.4, -0.2) is 11.5 Å². The third kappa shape index (κ3) is 2.93. The van der Waals surface area contributed by atoms with Crippen LogP contribution in [0.1, 0.15) is 47.8 Å². The number of rotatable bonds is 5. The molecule has 0 saturated heterocycles. The molecule has 2 aromatic carbocycles. The number of aryl methyl sites for hydroxylation is 1. The maximum atomic E-state index is 12.6. The number of hydrogen-bond donors (Lipinski definition) is 2. The predicted octanol–water partition coefficient (Wildman–Crippen LogP) is 4.09. The summed E-state index contributed by atoms with van der Waals surface area (Å²) in [6, 6.07) is 13.0. The highest BCUT2D eigenvalue weighted by Gasteiger charge is 2.21. The summed E-state index contributed by atoms with van der Waals surface area (Å²) in [5.74, 6) is -0.0286. The molecule has 0 radical (unpaired) electrons. The molecule has 0 amide bonds. The van der Waals surface area contributed by atoms with Crippen LogP contribution in [0.25, 0.3) is 0 Å². The molecule has 0 heterocycles. The number of carbonyl (C=O) groups excluding carboxylic acids is 1. The van der Waals surface area contributed by atoms with Gasteiger partial charge in [0, 0.05) is 28.3 Å². The Labute approximate surface area is 131 Å². The highest BCUT2D eigenvalue weighted by molar-refractivity contribution is 6.19. The fourth-order valence-corrected chi connectivity index (χ4v) is 2.55. The Bertz CT molecular complexity index is 717. The number of ketones is 1. The molecule has 114 valence electrons. The molecule has 0 aliphatic rings.